The van der Waals surface area contributed by atoms with Crippen molar-refractivity contribution >= 4 is 46.1 Å². The van der Waals surface area contributed by atoms with E-state index in [2.05, 4.69) is 31.2 Å². The van der Waals surface area contributed by atoms with Crippen LogP contribution in [-0.4, -0.2) is 11.9 Å². The summed E-state index contributed by atoms with van der Waals surface area (Å²) in [6, 6.07) is 15.4. The predicted octanol–water partition coefficient (Wildman–Crippen LogP) is 7.09. The molecule has 0 atom stereocenters. The second kappa shape index (κ2) is 7.83. The van der Waals surface area contributed by atoms with E-state index in [1.807, 2.05) is 25.3 Å². The highest BCUT2D eigenvalue weighted by molar-refractivity contribution is 7.14. The van der Waals surface area contributed by atoms with Gasteiger partial charge in [0.1, 0.15) is 0 Å². The van der Waals surface area contributed by atoms with Crippen LogP contribution in [0.4, 0.5) is 5.69 Å². The lowest BCUT2D eigenvalue weighted by molar-refractivity contribution is 0.0980. The third-order valence-electron chi connectivity index (χ3n) is 4.06. The highest BCUT2D eigenvalue weighted by Gasteiger charge is 2.24. The van der Waals surface area contributed by atoms with Crippen molar-refractivity contribution in [2.75, 3.05) is 4.90 Å². The van der Waals surface area contributed by atoms with Gasteiger partial charge >= 0.3 is 0 Å². The van der Waals surface area contributed by atoms with Crippen molar-refractivity contribution in [3.8, 4) is 10.4 Å². The van der Waals surface area contributed by atoms with Crippen molar-refractivity contribution in [1.29, 1.82) is 0 Å². The Kier molecular flexibility index (Phi) is 5.71. The average molecular weight is 404 g/mol. The molecule has 3 rings (SSSR count). The van der Waals surface area contributed by atoms with E-state index in [0.717, 1.165) is 16.1 Å². The fourth-order valence-corrected chi connectivity index (χ4v) is 4.22. The monoisotopic (exact) mass is 403 g/mol. The Morgan fingerprint density at radius 1 is 1.08 bits per heavy atom. The molecule has 1 amide bonds. The Morgan fingerprint density at radius 2 is 1.85 bits per heavy atom. The van der Waals surface area contributed by atoms with Gasteiger partial charge in [-0.05, 0) is 50.6 Å². The number of benzene rings is 2. The van der Waals surface area contributed by atoms with Gasteiger partial charge in [-0.2, -0.15) is 0 Å². The van der Waals surface area contributed by atoms with Crippen LogP contribution in [0.2, 0.25) is 10.0 Å². The quantitative estimate of drug-likeness (QED) is 0.455. The van der Waals surface area contributed by atoms with E-state index in [1.54, 1.807) is 34.4 Å². The first-order chi connectivity index (χ1) is 12.4. The average Bonchev–Trinajstić information content (AvgIpc) is 3.04. The van der Waals surface area contributed by atoms with Crippen LogP contribution >= 0.6 is 34.5 Å². The number of hydrogen-bond acceptors (Lipinski definition) is 2. The molecule has 0 aliphatic heterocycles. The van der Waals surface area contributed by atoms with Crippen molar-refractivity contribution in [2.45, 2.75) is 26.8 Å². The lowest BCUT2D eigenvalue weighted by Gasteiger charge is -2.26. The minimum Gasteiger partial charge on any atom is -0.305 e. The first kappa shape index (κ1) is 19.0. The first-order valence-electron chi connectivity index (χ1n) is 8.31. The van der Waals surface area contributed by atoms with E-state index in [0.29, 0.717) is 15.6 Å². The van der Waals surface area contributed by atoms with E-state index >= 15 is 0 Å². The van der Waals surface area contributed by atoms with Gasteiger partial charge in [-0.15, -0.1) is 11.3 Å². The maximum atomic E-state index is 13.1. The van der Waals surface area contributed by atoms with Gasteiger partial charge in [0.25, 0.3) is 5.91 Å². The number of thiophene rings is 1. The SMILES string of the molecule is Cc1cccc(-c2cc(N(C(=O)c3ccc(Cl)cc3Cl)C(C)C)cs2)c1. The summed E-state index contributed by atoms with van der Waals surface area (Å²) in [6.45, 7) is 6.06. The molecule has 0 aliphatic rings. The number of aryl methyl sites for hydroxylation is 1. The van der Waals surface area contributed by atoms with E-state index in [-0.39, 0.29) is 11.9 Å². The van der Waals surface area contributed by atoms with Crippen molar-refractivity contribution in [2.24, 2.45) is 0 Å². The maximum Gasteiger partial charge on any atom is 0.260 e. The first-order valence-corrected chi connectivity index (χ1v) is 9.94. The van der Waals surface area contributed by atoms with Crippen molar-refractivity contribution in [3.63, 3.8) is 0 Å². The number of anilines is 1. The van der Waals surface area contributed by atoms with Gasteiger partial charge in [-0.25, -0.2) is 0 Å². The summed E-state index contributed by atoms with van der Waals surface area (Å²) in [7, 11) is 0. The molecule has 0 fully saturated rings. The second-order valence-electron chi connectivity index (χ2n) is 6.43. The lowest BCUT2D eigenvalue weighted by atomic mass is 10.1. The molecule has 0 spiro atoms. The highest BCUT2D eigenvalue weighted by Crippen LogP contribution is 2.34. The fraction of sp³-hybridized carbons (Fsp3) is 0.190. The Bertz CT molecular complexity index is 949. The van der Waals surface area contributed by atoms with Crippen LogP contribution in [0.15, 0.2) is 53.9 Å². The van der Waals surface area contributed by atoms with E-state index < -0.39 is 0 Å². The van der Waals surface area contributed by atoms with Crippen molar-refractivity contribution in [1.82, 2.24) is 0 Å². The number of carbonyl (C=O) groups excluding carboxylic acids is 1. The van der Waals surface area contributed by atoms with Crippen molar-refractivity contribution in [3.05, 3.63) is 75.1 Å². The molecule has 0 bridgehead atoms. The fourth-order valence-electron chi connectivity index (χ4n) is 2.84. The summed E-state index contributed by atoms with van der Waals surface area (Å²) in [4.78, 5) is 16.0. The molecule has 26 heavy (non-hydrogen) atoms. The molecule has 1 aromatic heterocycles. The molecule has 1 heterocycles. The third kappa shape index (κ3) is 3.96. The molecule has 2 nitrogen and oxygen atoms in total. The van der Waals surface area contributed by atoms with E-state index in [1.165, 1.54) is 5.56 Å². The van der Waals surface area contributed by atoms with Crippen LogP contribution in [-0.2, 0) is 0 Å². The Morgan fingerprint density at radius 3 is 2.50 bits per heavy atom. The maximum absolute atomic E-state index is 13.1. The molecule has 0 aliphatic carbocycles. The molecule has 0 N–H and O–H groups in total. The van der Waals surface area contributed by atoms with Crippen LogP contribution in [0.5, 0.6) is 0 Å². The number of carbonyl (C=O) groups is 1. The molecule has 5 heteroatoms. The minimum absolute atomic E-state index is 0.00537. The normalized spacial score (nSPS) is 11.0. The zero-order valence-corrected chi connectivity index (χ0v) is 17.1. The van der Waals surface area contributed by atoms with Crippen molar-refractivity contribution < 1.29 is 4.79 Å². The topological polar surface area (TPSA) is 20.3 Å². The summed E-state index contributed by atoms with van der Waals surface area (Å²) >= 11 is 13.8. The lowest BCUT2D eigenvalue weighted by Crippen LogP contribution is -2.36. The summed E-state index contributed by atoms with van der Waals surface area (Å²) in [5.74, 6) is -0.129. The number of nitrogens with zero attached hydrogens (tertiary/aromatic N) is 1. The summed E-state index contributed by atoms with van der Waals surface area (Å²) < 4.78 is 0. The summed E-state index contributed by atoms with van der Waals surface area (Å²) in [6.07, 6.45) is 0. The Labute approximate surface area is 168 Å². The molecule has 134 valence electrons. The van der Waals surface area contributed by atoms with Gasteiger partial charge in [-0.3, -0.25) is 4.79 Å². The largest absolute Gasteiger partial charge is 0.305 e. The van der Waals surface area contributed by atoms with Gasteiger partial charge in [0.05, 0.1) is 16.3 Å². The molecule has 0 saturated heterocycles. The van der Waals surface area contributed by atoms with Crippen LogP contribution < -0.4 is 4.90 Å². The summed E-state index contributed by atoms with van der Waals surface area (Å²) in [5.41, 5.74) is 3.69. The number of amides is 1. The van der Waals surface area contributed by atoms with Crippen LogP contribution in [0.3, 0.4) is 0 Å². The number of rotatable bonds is 4. The Balaban J connectivity index is 1.97. The molecule has 2 aromatic carbocycles. The molecule has 0 unspecified atom stereocenters. The van der Waals surface area contributed by atoms with Crippen LogP contribution in [0.25, 0.3) is 10.4 Å². The smallest absolute Gasteiger partial charge is 0.260 e. The highest BCUT2D eigenvalue weighted by atomic mass is 35.5. The van der Waals surface area contributed by atoms with E-state index in [4.69, 9.17) is 23.2 Å². The zero-order chi connectivity index (χ0) is 18.8. The van der Waals surface area contributed by atoms with Gasteiger partial charge in [0.15, 0.2) is 0 Å². The molecular weight excluding hydrogens is 385 g/mol. The molecule has 3 aromatic rings. The van der Waals surface area contributed by atoms with Gasteiger partial charge in [0, 0.05) is 21.3 Å². The predicted molar refractivity (Wildman–Crippen MR) is 113 cm³/mol. The zero-order valence-electron chi connectivity index (χ0n) is 14.8. The second-order valence-corrected chi connectivity index (χ2v) is 8.19. The Hall–Kier alpha value is -1.81. The van der Waals surface area contributed by atoms with Crippen LogP contribution in [0.1, 0.15) is 29.8 Å². The minimum atomic E-state index is -0.129. The molecule has 0 saturated carbocycles. The van der Waals surface area contributed by atoms with Gasteiger partial charge in [-0.1, -0.05) is 53.0 Å². The molecular formula is C21H19Cl2NOS. The summed E-state index contributed by atoms with van der Waals surface area (Å²) in [5, 5.41) is 2.89. The van der Waals surface area contributed by atoms with Gasteiger partial charge in [0.2, 0.25) is 0 Å². The standard InChI is InChI=1S/C21H19Cl2NOS/c1-13(2)24(21(25)18-8-7-16(22)10-19(18)23)17-11-20(26-12-17)15-6-4-5-14(3)9-15/h4-13H,1-3H3. The number of hydrogen-bond donors (Lipinski definition) is 0. The van der Waals surface area contributed by atoms with Gasteiger partial charge < -0.3 is 4.90 Å². The third-order valence-corrected chi connectivity index (χ3v) is 5.58. The van der Waals surface area contributed by atoms with E-state index in [9.17, 15) is 4.79 Å². The van der Waals surface area contributed by atoms with Crippen LogP contribution in [0, 0.1) is 6.92 Å². The number of halogens is 2. The molecule has 0 radical (unpaired) electrons.